The van der Waals surface area contributed by atoms with Crippen LogP contribution in [0.2, 0.25) is 0 Å². The van der Waals surface area contributed by atoms with Crippen molar-refractivity contribution < 1.29 is 19.1 Å². The molecule has 1 aliphatic rings. The Hall–Kier alpha value is -2.32. The van der Waals surface area contributed by atoms with Crippen molar-refractivity contribution >= 4 is 5.91 Å². The molecular formula is C16H22N4O4. The summed E-state index contributed by atoms with van der Waals surface area (Å²) in [7, 11) is 3.26. The lowest BCUT2D eigenvalue weighted by Gasteiger charge is -2.35. The molecule has 0 bridgehead atoms. The number of aryl methyl sites for hydroxylation is 1. The van der Waals surface area contributed by atoms with Crippen LogP contribution in [-0.4, -0.2) is 70.4 Å². The SMILES string of the molecule is COc1nn(C)cc1C(=O)N1CCN(C[C@@H](O)c2ccco2)CC1. The van der Waals surface area contributed by atoms with Gasteiger partial charge >= 0.3 is 0 Å². The van der Waals surface area contributed by atoms with E-state index < -0.39 is 6.10 Å². The normalized spacial score (nSPS) is 17.0. The minimum absolute atomic E-state index is 0.0776. The highest BCUT2D eigenvalue weighted by molar-refractivity contribution is 5.96. The molecule has 1 atom stereocenters. The van der Waals surface area contributed by atoms with Crippen LogP contribution < -0.4 is 4.74 Å². The highest BCUT2D eigenvalue weighted by atomic mass is 16.5. The van der Waals surface area contributed by atoms with E-state index in [2.05, 4.69) is 10.00 Å². The number of ether oxygens (including phenoxy) is 1. The van der Waals surface area contributed by atoms with Gasteiger partial charge in [-0.2, -0.15) is 0 Å². The van der Waals surface area contributed by atoms with Crippen molar-refractivity contribution in [2.75, 3.05) is 39.8 Å². The fraction of sp³-hybridized carbons (Fsp3) is 0.500. The predicted molar refractivity (Wildman–Crippen MR) is 85.8 cm³/mol. The molecule has 2 aromatic heterocycles. The average Bonchev–Trinajstić information content (AvgIpc) is 3.24. The second kappa shape index (κ2) is 7.06. The number of piperazine rings is 1. The van der Waals surface area contributed by atoms with Crippen LogP contribution in [0.3, 0.4) is 0 Å². The third kappa shape index (κ3) is 3.44. The van der Waals surface area contributed by atoms with Crippen molar-refractivity contribution in [2.45, 2.75) is 6.10 Å². The Morgan fingerprint density at radius 2 is 2.17 bits per heavy atom. The van der Waals surface area contributed by atoms with E-state index >= 15 is 0 Å². The number of hydrogen-bond acceptors (Lipinski definition) is 6. The van der Waals surface area contributed by atoms with Crippen molar-refractivity contribution in [1.29, 1.82) is 0 Å². The van der Waals surface area contributed by atoms with E-state index in [0.29, 0.717) is 49.9 Å². The minimum Gasteiger partial charge on any atom is -0.479 e. The number of furan rings is 1. The number of aliphatic hydroxyl groups excluding tert-OH is 1. The van der Waals surface area contributed by atoms with Crippen molar-refractivity contribution in [3.63, 3.8) is 0 Å². The molecule has 0 aromatic carbocycles. The topological polar surface area (TPSA) is 84.0 Å². The summed E-state index contributed by atoms with van der Waals surface area (Å²) in [6.45, 7) is 3.09. The first kappa shape index (κ1) is 16.5. The average molecular weight is 334 g/mol. The lowest BCUT2D eigenvalue weighted by molar-refractivity contribution is 0.0484. The van der Waals surface area contributed by atoms with Crippen LogP contribution in [0.1, 0.15) is 22.2 Å². The molecule has 1 N–H and O–H groups in total. The van der Waals surface area contributed by atoms with E-state index in [1.807, 2.05) is 0 Å². The zero-order valence-electron chi connectivity index (χ0n) is 13.9. The van der Waals surface area contributed by atoms with Gasteiger partial charge in [0.25, 0.3) is 5.91 Å². The van der Waals surface area contributed by atoms with E-state index in [0.717, 1.165) is 0 Å². The summed E-state index contributed by atoms with van der Waals surface area (Å²) in [6.07, 6.45) is 2.57. The number of rotatable bonds is 5. The molecule has 1 aliphatic heterocycles. The van der Waals surface area contributed by atoms with E-state index in [1.54, 1.807) is 41.2 Å². The Labute approximate surface area is 140 Å². The largest absolute Gasteiger partial charge is 0.479 e. The van der Waals surface area contributed by atoms with Gasteiger partial charge < -0.3 is 19.2 Å². The lowest BCUT2D eigenvalue weighted by atomic mass is 10.2. The molecule has 2 aromatic rings. The van der Waals surface area contributed by atoms with Crippen molar-refractivity contribution in [3.05, 3.63) is 35.9 Å². The number of methoxy groups -OCH3 is 1. The zero-order chi connectivity index (χ0) is 17.1. The van der Waals surface area contributed by atoms with E-state index in [4.69, 9.17) is 9.15 Å². The summed E-state index contributed by atoms with van der Waals surface area (Å²) in [5.41, 5.74) is 0.476. The second-order valence-corrected chi connectivity index (χ2v) is 5.85. The fourth-order valence-electron chi connectivity index (χ4n) is 2.88. The van der Waals surface area contributed by atoms with Crippen LogP contribution in [-0.2, 0) is 7.05 Å². The van der Waals surface area contributed by atoms with Gasteiger partial charge in [-0.15, -0.1) is 5.10 Å². The second-order valence-electron chi connectivity index (χ2n) is 5.85. The van der Waals surface area contributed by atoms with Gasteiger partial charge in [-0.3, -0.25) is 14.4 Å². The van der Waals surface area contributed by atoms with Crippen LogP contribution in [0.4, 0.5) is 0 Å². The summed E-state index contributed by atoms with van der Waals surface area (Å²) in [5.74, 6) is 0.831. The highest BCUT2D eigenvalue weighted by Crippen LogP contribution is 2.19. The number of amides is 1. The number of aliphatic hydroxyl groups is 1. The van der Waals surface area contributed by atoms with Crippen LogP contribution >= 0.6 is 0 Å². The number of carbonyl (C=O) groups is 1. The first-order valence-corrected chi connectivity index (χ1v) is 7.89. The Kier molecular flexibility index (Phi) is 4.86. The molecule has 0 aliphatic carbocycles. The molecule has 0 saturated carbocycles. The first-order chi connectivity index (χ1) is 11.6. The van der Waals surface area contributed by atoms with Gasteiger partial charge in [-0.25, -0.2) is 0 Å². The summed E-state index contributed by atoms with van der Waals surface area (Å²) in [6, 6.07) is 3.52. The molecule has 3 rings (SSSR count). The number of β-amino-alcohol motifs (C(OH)–C–C–N with tert-alkyl or cyclic N) is 1. The van der Waals surface area contributed by atoms with E-state index in [-0.39, 0.29) is 5.91 Å². The Morgan fingerprint density at radius 3 is 2.79 bits per heavy atom. The molecule has 8 nitrogen and oxygen atoms in total. The first-order valence-electron chi connectivity index (χ1n) is 7.89. The van der Waals surface area contributed by atoms with E-state index in [9.17, 15) is 9.90 Å². The van der Waals surface area contributed by atoms with Crippen molar-refractivity contribution in [1.82, 2.24) is 19.6 Å². The number of carbonyl (C=O) groups excluding carboxylic acids is 1. The van der Waals surface area contributed by atoms with Gasteiger partial charge in [0.1, 0.15) is 17.4 Å². The van der Waals surface area contributed by atoms with Crippen LogP contribution in [0, 0.1) is 0 Å². The third-order valence-corrected chi connectivity index (χ3v) is 4.18. The molecule has 0 radical (unpaired) electrons. The molecule has 8 heteroatoms. The molecule has 1 saturated heterocycles. The smallest absolute Gasteiger partial charge is 0.261 e. The zero-order valence-corrected chi connectivity index (χ0v) is 13.9. The molecule has 130 valence electrons. The Morgan fingerprint density at radius 1 is 1.42 bits per heavy atom. The van der Waals surface area contributed by atoms with Crippen molar-refractivity contribution in [2.24, 2.45) is 7.05 Å². The Bertz CT molecular complexity index is 674. The standard InChI is InChI=1S/C16H22N4O4/c1-18-10-12(15(17-18)23-2)16(22)20-7-5-19(6-8-20)11-13(21)14-4-3-9-24-14/h3-4,9-10,13,21H,5-8,11H2,1-2H3/t13-/m1/s1. The third-order valence-electron chi connectivity index (χ3n) is 4.18. The maximum Gasteiger partial charge on any atom is 0.261 e. The molecular weight excluding hydrogens is 312 g/mol. The van der Waals surface area contributed by atoms with Gasteiger partial charge in [-0.05, 0) is 12.1 Å². The Balaban J connectivity index is 1.55. The summed E-state index contributed by atoms with van der Waals surface area (Å²) in [4.78, 5) is 16.5. The fourth-order valence-corrected chi connectivity index (χ4v) is 2.88. The van der Waals surface area contributed by atoms with Gasteiger partial charge in [-0.1, -0.05) is 0 Å². The molecule has 0 spiro atoms. The van der Waals surface area contributed by atoms with Gasteiger partial charge in [0.15, 0.2) is 0 Å². The number of nitrogens with zero attached hydrogens (tertiary/aromatic N) is 4. The quantitative estimate of drug-likeness (QED) is 0.858. The van der Waals surface area contributed by atoms with Crippen LogP contribution in [0.15, 0.2) is 29.0 Å². The lowest BCUT2D eigenvalue weighted by Crippen LogP contribution is -2.49. The van der Waals surface area contributed by atoms with Gasteiger partial charge in [0.05, 0.1) is 13.4 Å². The van der Waals surface area contributed by atoms with Crippen LogP contribution in [0.5, 0.6) is 5.88 Å². The number of aromatic nitrogens is 2. The van der Waals surface area contributed by atoms with Gasteiger partial charge in [0, 0.05) is 46.0 Å². The van der Waals surface area contributed by atoms with E-state index in [1.165, 1.54) is 7.11 Å². The maximum absolute atomic E-state index is 12.6. The monoisotopic (exact) mass is 334 g/mol. The van der Waals surface area contributed by atoms with Gasteiger partial charge in [0.2, 0.25) is 5.88 Å². The van der Waals surface area contributed by atoms with Crippen LogP contribution in [0.25, 0.3) is 0 Å². The summed E-state index contributed by atoms with van der Waals surface area (Å²) in [5, 5.41) is 14.3. The minimum atomic E-state index is -0.652. The summed E-state index contributed by atoms with van der Waals surface area (Å²) < 4.78 is 11.9. The molecule has 1 fully saturated rings. The maximum atomic E-state index is 12.6. The molecule has 24 heavy (non-hydrogen) atoms. The highest BCUT2D eigenvalue weighted by Gasteiger charge is 2.27. The summed E-state index contributed by atoms with van der Waals surface area (Å²) >= 11 is 0. The predicted octanol–water partition coefficient (Wildman–Crippen LogP) is 0.513. The molecule has 1 amide bonds. The number of hydrogen-bond donors (Lipinski definition) is 1. The van der Waals surface area contributed by atoms with Crippen molar-refractivity contribution in [3.8, 4) is 5.88 Å². The molecule has 0 unspecified atom stereocenters. The molecule has 3 heterocycles.